The molecule has 0 aliphatic heterocycles. The first kappa shape index (κ1) is 30.2. The number of aromatic nitrogens is 5. The smallest absolute Gasteiger partial charge is 0.164 e. The highest BCUT2D eigenvalue weighted by molar-refractivity contribution is 6.09. The molecule has 3 aromatic heterocycles. The largest absolute Gasteiger partial charge is 0.251 e. The number of benzene rings is 6. The monoisotopic (exact) mass is 653 g/mol. The highest BCUT2D eigenvalue weighted by Crippen LogP contribution is 2.37. The van der Waals surface area contributed by atoms with Crippen LogP contribution >= 0.6 is 0 Å². The molecule has 0 aliphatic rings. The minimum Gasteiger partial charge on any atom is -0.251 e. The van der Waals surface area contributed by atoms with Crippen LogP contribution in [0.4, 0.5) is 0 Å². The normalized spacial score (nSPS) is 11.2. The number of hydrogen-bond donors (Lipinski definition) is 0. The predicted molar refractivity (Wildman–Crippen MR) is 208 cm³/mol. The quantitative estimate of drug-likeness (QED) is 0.167. The summed E-state index contributed by atoms with van der Waals surface area (Å²) >= 11 is 0. The molecule has 0 saturated heterocycles. The third-order valence-electron chi connectivity index (χ3n) is 9.20. The van der Waals surface area contributed by atoms with Gasteiger partial charge in [-0.25, -0.2) is 19.9 Å². The van der Waals surface area contributed by atoms with Crippen molar-refractivity contribution in [3.05, 3.63) is 176 Å². The van der Waals surface area contributed by atoms with Crippen molar-refractivity contribution in [2.45, 2.75) is 6.92 Å². The first-order valence-corrected chi connectivity index (χ1v) is 17.0. The summed E-state index contributed by atoms with van der Waals surface area (Å²) in [6, 6.07) is 58.3. The lowest BCUT2D eigenvalue weighted by Crippen LogP contribution is -2.00. The van der Waals surface area contributed by atoms with Crippen LogP contribution in [0.25, 0.3) is 89.5 Å². The molecule has 3 heterocycles. The molecule has 0 saturated carbocycles. The Balaban J connectivity index is 1.21. The van der Waals surface area contributed by atoms with Crippen molar-refractivity contribution >= 4 is 21.8 Å². The van der Waals surface area contributed by atoms with Crippen LogP contribution in [-0.2, 0) is 0 Å². The number of nitrogens with zero attached hydrogens (tertiary/aromatic N) is 5. The minimum absolute atomic E-state index is 0.609. The molecule has 0 fully saturated rings. The van der Waals surface area contributed by atoms with Gasteiger partial charge in [0.1, 0.15) is 0 Å². The van der Waals surface area contributed by atoms with E-state index in [1.165, 1.54) is 5.56 Å². The third kappa shape index (κ3) is 5.91. The Morgan fingerprint density at radius 2 is 0.843 bits per heavy atom. The summed E-state index contributed by atoms with van der Waals surface area (Å²) in [6.07, 6.45) is 0. The second kappa shape index (κ2) is 12.9. The molecule has 5 nitrogen and oxygen atoms in total. The van der Waals surface area contributed by atoms with Crippen molar-refractivity contribution in [2.24, 2.45) is 0 Å². The molecule has 0 spiro atoms. The SMILES string of the molecule is Cc1ccc2ccc3c(-c4cccc(-c5nc(-c6ccccc6)nc(-c6ccc(-c7ccccc7)cc6)n5)c4)cc(-c4ccccc4)nc3c2n1. The van der Waals surface area contributed by atoms with Crippen molar-refractivity contribution < 1.29 is 0 Å². The van der Waals surface area contributed by atoms with Crippen molar-refractivity contribution in [1.29, 1.82) is 0 Å². The Hall–Kier alpha value is -6.85. The van der Waals surface area contributed by atoms with E-state index in [9.17, 15) is 0 Å². The summed E-state index contributed by atoms with van der Waals surface area (Å²) in [6.45, 7) is 2.02. The fourth-order valence-corrected chi connectivity index (χ4v) is 6.58. The first-order chi connectivity index (χ1) is 25.2. The van der Waals surface area contributed by atoms with Crippen LogP contribution in [0, 0.1) is 6.92 Å². The van der Waals surface area contributed by atoms with Crippen LogP contribution in [0.2, 0.25) is 0 Å². The van der Waals surface area contributed by atoms with Gasteiger partial charge in [0.25, 0.3) is 0 Å². The number of hydrogen-bond acceptors (Lipinski definition) is 5. The molecule has 5 heteroatoms. The Kier molecular flexibility index (Phi) is 7.63. The predicted octanol–water partition coefficient (Wildman–Crippen LogP) is 11.3. The lowest BCUT2D eigenvalue weighted by atomic mass is 9.95. The Morgan fingerprint density at radius 1 is 0.333 bits per heavy atom. The van der Waals surface area contributed by atoms with Gasteiger partial charge in [-0.2, -0.15) is 0 Å². The van der Waals surface area contributed by atoms with Crippen molar-refractivity contribution in [3.63, 3.8) is 0 Å². The second-order valence-corrected chi connectivity index (χ2v) is 12.6. The summed E-state index contributed by atoms with van der Waals surface area (Å²) in [5.41, 5.74) is 11.9. The fraction of sp³-hybridized carbons (Fsp3) is 0.0217. The average Bonchev–Trinajstić information content (AvgIpc) is 3.21. The lowest BCUT2D eigenvalue weighted by molar-refractivity contribution is 1.07. The zero-order chi connectivity index (χ0) is 34.1. The van der Waals surface area contributed by atoms with E-state index in [-0.39, 0.29) is 0 Å². The highest BCUT2D eigenvalue weighted by atomic mass is 15.0. The molecule has 0 bridgehead atoms. The van der Waals surface area contributed by atoms with Gasteiger partial charge in [0.2, 0.25) is 0 Å². The van der Waals surface area contributed by atoms with Crippen LogP contribution in [0.15, 0.2) is 170 Å². The summed E-state index contributed by atoms with van der Waals surface area (Å²) in [5, 5.41) is 2.10. The van der Waals surface area contributed by atoms with Crippen molar-refractivity contribution in [2.75, 3.05) is 0 Å². The van der Waals surface area contributed by atoms with E-state index in [2.05, 4.69) is 109 Å². The minimum atomic E-state index is 0.609. The van der Waals surface area contributed by atoms with E-state index < -0.39 is 0 Å². The summed E-state index contributed by atoms with van der Waals surface area (Å²) in [7, 11) is 0. The molecular formula is C46H31N5. The van der Waals surface area contributed by atoms with E-state index in [0.717, 1.165) is 72.1 Å². The van der Waals surface area contributed by atoms with Gasteiger partial charge in [0, 0.05) is 38.7 Å². The maximum atomic E-state index is 5.20. The molecule has 6 aromatic carbocycles. The van der Waals surface area contributed by atoms with Gasteiger partial charge in [-0.1, -0.05) is 152 Å². The Labute approximate surface area is 296 Å². The van der Waals surface area contributed by atoms with Gasteiger partial charge < -0.3 is 0 Å². The fourth-order valence-electron chi connectivity index (χ4n) is 6.58. The topological polar surface area (TPSA) is 64.5 Å². The number of pyridine rings is 2. The van der Waals surface area contributed by atoms with Gasteiger partial charge in [-0.05, 0) is 47.4 Å². The number of aryl methyl sites for hydroxylation is 1. The number of fused-ring (bicyclic) bond motifs is 3. The lowest BCUT2D eigenvalue weighted by Gasteiger charge is -2.14. The summed E-state index contributed by atoms with van der Waals surface area (Å²) in [5.74, 6) is 1.86. The van der Waals surface area contributed by atoms with E-state index in [4.69, 9.17) is 24.9 Å². The van der Waals surface area contributed by atoms with E-state index in [0.29, 0.717) is 17.5 Å². The zero-order valence-corrected chi connectivity index (χ0v) is 27.9. The molecular weight excluding hydrogens is 623 g/mol. The van der Waals surface area contributed by atoms with Gasteiger partial charge in [-0.3, -0.25) is 4.98 Å². The standard InChI is InChI=1S/C46H31N5/c1-30-20-21-34-26-27-39-40(29-41(33-14-7-3-8-15-33)48-43(39)42(34)47-30)37-18-11-19-38(28-37)46-50-44(35-16-9-4-10-17-35)49-45(51-46)36-24-22-32(23-25-36)31-12-5-2-6-13-31/h2-29H,1H3. The van der Waals surface area contributed by atoms with E-state index >= 15 is 0 Å². The van der Waals surface area contributed by atoms with Crippen molar-refractivity contribution in [1.82, 2.24) is 24.9 Å². The van der Waals surface area contributed by atoms with Gasteiger partial charge in [-0.15, -0.1) is 0 Å². The van der Waals surface area contributed by atoms with Crippen molar-refractivity contribution in [3.8, 4) is 67.7 Å². The van der Waals surface area contributed by atoms with Gasteiger partial charge in [0.05, 0.1) is 16.7 Å². The molecule has 9 rings (SSSR count). The van der Waals surface area contributed by atoms with Gasteiger partial charge >= 0.3 is 0 Å². The van der Waals surface area contributed by atoms with E-state index in [1.807, 2.05) is 67.6 Å². The summed E-state index contributed by atoms with van der Waals surface area (Å²) < 4.78 is 0. The molecule has 51 heavy (non-hydrogen) atoms. The van der Waals surface area contributed by atoms with Crippen LogP contribution in [0.5, 0.6) is 0 Å². The second-order valence-electron chi connectivity index (χ2n) is 12.6. The highest BCUT2D eigenvalue weighted by Gasteiger charge is 2.16. The molecule has 0 aliphatic carbocycles. The van der Waals surface area contributed by atoms with Gasteiger partial charge in [0.15, 0.2) is 17.5 Å². The van der Waals surface area contributed by atoms with Crippen LogP contribution < -0.4 is 0 Å². The average molecular weight is 654 g/mol. The molecule has 9 aromatic rings. The maximum Gasteiger partial charge on any atom is 0.164 e. The molecule has 0 amide bonds. The summed E-state index contributed by atoms with van der Waals surface area (Å²) in [4.78, 5) is 25.2. The van der Waals surface area contributed by atoms with E-state index in [1.54, 1.807) is 0 Å². The third-order valence-corrected chi connectivity index (χ3v) is 9.20. The first-order valence-electron chi connectivity index (χ1n) is 17.0. The zero-order valence-electron chi connectivity index (χ0n) is 27.9. The van der Waals surface area contributed by atoms with Crippen LogP contribution in [0.1, 0.15) is 5.69 Å². The molecule has 0 atom stereocenters. The molecule has 0 radical (unpaired) electrons. The maximum absolute atomic E-state index is 5.20. The molecule has 240 valence electrons. The van der Waals surface area contributed by atoms with Crippen LogP contribution in [-0.4, -0.2) is 24.9 Å². The molecule has 0 N–H and O–H groups in total. The number of rotatable bonds is 6. The van der Waals surface area contributed by atoms with Crippen LogP contribution in [0.3, 0.4) is 0 Å². The Morgan fingerprint density at radius 3 is 1.53 bits per heavy atom. The molecule has 0 unspecified atom stereocenters. The Bertz CT molecular complexity index is 2670.